The topological polar surface area (TPSA) is 6.48 Å². The Labute approximate surface area is 132 Å². The highest BCUT2D eigenvalue weighted by Gasteiger charge is 2.39. The minimum absolute atomic E-state index is 0.609. The molecule has 0 saturated carbocycles. The molecular formula is C20H22N2. The molecule has 0 amide bonds. The van der Waals surface area contributed by atoms with Crippen molar-refractivity contribution in [3.8, 4) is 0 Å². The Morgan fingerprint density at radius 2 is 1.18 bits per heavy atom. The third-order valence-corrected chi connectivity index (χ3v) is 5.86. The first-order valence-corrected chi connectivity index (χ1v) is 8.54. The van der Waals surface area contributed by atoms with Gasteiger partial charge in [-0.05, 0) is 41.5 Å². The van der Waals surface area contributed by atoms with Crippen molar-refractivity contribution in [3.05, 3.63) is 70.8 Å². The van der Waals surface area contributed by atoms with Crippen molar-refractivity contribution in [2.75, 3.05) is 19.8 Å². The number of hydrogen-bond acceptors (Lipinski definition) is 2. The molecule has 112 valence electrons. The lowest BCUT2D eigenvalue weighted by atomic mass is 9.82. The SMILES string of the molecule is c1ccc2c(c1)CCN1CN3CCc4ccccc4[C@H]3C[C@H]21. The van der Waals surface area contributed by atoms with Gasteiger partial charge in [0.15, 0.2) is 0 Å². The Morgan fingerprint density at radius 1 is 0.682 bits per heavy atom. The van der Waals surface area contributed by atoms with E-state index >= 15 is 0 Å². The molecule has 2 nitrogen and oxygen atoms in total. The molecule has 3 aliphatic heterocycles. The Balaban J connectivity index is 1.54. The highest BCUT2D eigenvalue weighted by Crippen LogP contribution is 2.44. The number of rotatable bonds is 0. The zero-order valence-corrected chi connectivity index (χ0v) is 12.9. The fourth-order valence-electron chi connectivity index (χ4n) is 4.74. The number of fused-ring (bicyclic) bond motifs is 6. The maximum Gasteiger partial charge on any atom is 0.0517 e. The lowest BCUT2D eigenvalue weighted by Crippen LogP contribution is -2.52. The highest BCUT2D eigenvalue weighted by atomic mass is 15.4. The maximum absolute atomic E-state index is 2.70. The summed E-state index contributed by atoms with van der Waals surface area (Å²) < 4.78 is 0. The van der Waals surface area contributed by atoms with Gasteiger partial charge in [0, 0.05) is 25.2 Å². The van der Waals surface area contributed by atoms with Crippen molar-refractivity contribution < 1.29 is 0 Å². The summed E-state index contributed by atoms with van der Waals surface area (Å²) in [5.74, 6) is 0. The molecule has 0 N–H and O–H groups in total. The van der Waals surface area contributed by atoms with Gasteiger partial charge in [0.1, 0.15) is 0 Å². The van der Waals surface area contributed by atoms with E-state index in [1.165, 1.54) is 32.4 Å². The van der Waals surface area contributed by atoms with Gasteiger partial charge in [-0.1, -0.05) is 48.5 Å². The first-order valence-electron chi connectivity index (χ1n) is 8.54. The zero-order valence-electron chi connectivity index (χ0n) is 12.9. The van der Waals surface area contributed by atoms with Crippen molar-refractivity contribution in [2.45, 2.75) is 31.3 Å². The summed E-state index contributed by atoms with van der Waals surface area (Å²) in [6.07, 6.45) is 3.66. The van der Waals surface area contributed by atoms with Gasteiger partial charge in [-0.15, -0.1) is 0 Å². The van der Waals surface area contributed by atoms with E-state index in [0.717, 1.165) is 6.67 Å². The minimum Gasteiger partial charge on any atom is -0.283 e. The molecule has 1 fully saturated rings. The Hall–Kier alpha value is -1.64. The van der Waals surface area contributed by atoms with Crippen LogP contribution in [0.3, 0.4) is 0 Å². The molecule has 2 atom stereocenters. The second kappa shape index (κ2) is 4.94. The van der Waals surface area contributed by atoms with Gasteiger partial charge in [0.25, 0.3) is 0 Å². The van der Waals surface area contributed by atoms with Crippen LogP contribution in [0.4, 0.5) is 0 Å². The summed E-state index contributed by atoms with van der Waals surface area (Å²) in [4.78, 5) is 5.40. The van der Waals surface area contributed by atoms with Gasteiger partial charge in [-0.25, -0.2) is 0 Å². The molecule has 5 rings (SSSR count). The van der Waals surface area contributed by atoms with Gasteiger partial charge in [-0.3, -0.25) is 9.80 Å². The van der Waals surface area contributed by atoms with Crippen LogP contribution in [0.25, 0.3) is 0 Å². The third kappa shape index (κ3) is 1.87. The van der Waals surface area contributed by atoms with Crippen LogP contribution in [0.2, 0.25) is 0 Å². The second-order valence-corrected chi connectivity index (χ2v) is 6.93. The molecule has 0 radical (unpaired) electrons. The van der Waals surface area contributed by atoms with E-state index in [-0.39, 0.29) is 0 Å². The summed E-state index contributed by atoms with van der Waals surface area (Å²) in [6, 6.07) is 19.4. The number of nitrogens with zero attached hydrogens (tertiary/aromatic N) is 2. The average molecular weight is 290 g/mol. The van der Waals surface area contributed by atoms with E-state index in [4.69, 9.17) is 0 Å². The van der Waals surface area contributed by atoms with Gasteiger partial charge in [0.2, 0.25) is 0 Å². The summed E-state index contributed by atoms with van der Waals surface area (Å²) >= 11 is 0. The minimum atomic E-state index is 0.609. The van der Waals surface area contributed by atoms with Crippen LogP contribution >= 0.6 is 0 Å². The van der Waals surface area contributed by atoms with E-state index in [2.05, 4.69) is 58.3 Å². The van der Waals surface area contributed by atoms with Crippen LogP contribution in [0.5, 0.6) is 0 Å². The lowest BCUT2D eigenvalue weighted by Gasteiger charge is -2.51. The number of benzene rings is 2. The first kappa shape index (κ1) is 12.9. The van der Waals surface area contributed by atoms with Crippen LogP contribution < -0.4 is 0 Å². The molecule has 3 aliphatic rings. The molecule has 2 heteroatoms. The Bertz CT molecular complexity index is 649. The fourth-order valence-corrected chi connectivity index (χ4v) is 4.74. The molecule has 2 aromatic rings. The van der Waals surface area contributed by atoms with Crippen molar-refractivity contribution >= 4 is 0 Å². The van der Waals surface area contributed by atoms with Gasteiger partial charge >= 0.3 is 0 Å². The van der Waals surface area contributed by atoms with E-state index in [9.17, 15) is 0 Å². The van der Waals surface area contributed by atoms with Crippen molar-refractivity contribution in [1.82, 2.24) is 9.80 Å². The average Bonchev–Trinajstić information content (AvgIpc) is 2.60. The molecular weight excluding hydrogens is 268 g/mol. The Morgan fingerprint density at radius 3 is 1.73 bits per heavy atom. The monoisotopic (exact) mass is 290 g/mol. The smallest absolute Gasteiger partial charge is 0.0517 e. The largest absolute Gasteiger partial charge is 0.283 e. The molecule has 0 aliphatic carbocycles. The maximum atomic E-state index is 2.70. The standard InChI is InChI=1S/C20H22N2/c1-3-7-17-15(5-1)9-11-21-14-22-12-10-16-6-2-4-8-18(16)20(22)13-19(17)21/h1-8,19-20H,9-14H2/t19-,20-/m1/s1. The third-order valence-electron chi connectivity index (χ3n) is 5.86. The summed E-state index contributed by atoms with van der Waals surface area (Å²) in [5.41, 5.74) is 6.30. The van der Waals surface area contributed by atoms with Gasteiger partial charge in [-0.2, -0.15) is 0 Å². The molecule has 1 saturated heterocycles. The van der Waals surface area contributed by atoms with Crippen LogP contribution in [0.15, 0.2) is 48.5 Å². The quantitative estimate of drug-likeness (QED) is 0.732. The molecule has 22 heavy (non-hydrogen) atoms. The predicted octanol–water partition coefficient (Wildman–Crippen LogP) is 3.55. The zero-order chi connectivity index (χ0) is 14.5. The Kier molecular flexibility index (Phi) is 2.89. The number of hydrogen-bond donors (Lipinski definition) is 0. The summed E-state index contributed by atoms with van der Waals surface area (Å²) in [5, 5.41) is 0. The molecule has 0 unspecified atom stereocenters. The van der Waals surface area contributed by atoms with E-state index in [1.807, 2.05) is 0 Å². The van der Waals surface area contributed by atoms with Crippen molar-refractivity contribution in [2.24, 2.45) is 0 Å². The van der Waals surface area contributed by atoms with Crippen LogP contribution in [-0.4, -0.2) is 29.6 Å². The highest BCUT2D eigenvalue weighted by molar-refractivity contribution is 5.37. The van der Waals surface area contributed by atoms with E-state index in [1.54, 1.807) is 22.3 Å². The fraction of sp³-hybridized carbons (Fsp3) is 0.400. The predicted molar refractivity (Wildman–Crippen MR) is 88.7 cm³/mol. The van der Waals surface area contributed by atoms with Crippen molar-refractivity contribution in [1.29, 1.82) is 0 Å². The molecule has 0 aromatic heterocycles. The first-order chi connectivity index (χ1) is 10.9. The lowest BCUT2D eigenvalue weighted by molar-refractivity contribution is -0.0136. The second-order valence-electron chi connectivity index (χ2n) is 6.93. The van der Waals surface area contributed by atoms with E-state index in [0.29, 0.717) is 12.1 Å². The molecule has 3 heterocycles. The van der Waals surface area contributed by atoms with Gasteiger partial charge in [0.05, 0.1) is 6.67 Å². The van der Waals surface area contributed by atoms with Crippen LogP contribution in [0.1, 0.15) is 40.8 Å². The van der Waals surface area contributed by atoms with Crippen molar-refractivity contribution in [3.63, 3.8) is 0 Å². The van der Waals surface area contributed by atoms with Crippen LogP contribution in [0, 0.1) is 0 Å². The normalized spacial score (nSPS) is 27.5. The van der Waals surface area contributed by atoms with Gasteiger partial charge < -0.3 is 0 Å². The molecule has 0 spiro atoms. The van der Waals surface area contributed by atoms with Crippen LogP contribution in [-0.2, 0) is 12.8 Å². The summed E-state index contributed by atoms with van der Waals surface area (Å²) in [7, 11) is 0. The van der Waals surface area contributed by atoms with E-state index < -0.39 is 0 Å². The molecule has 0 bridgehead atoms. The summed E-state index contributed by atoms with van der Waals surface area (Å²) in [6.45, 7) is 3.57. The molecule has 2 aromatic carbocycles.